The molecule has 1 aliphatic heterocycles. The van der Waals surface area contributed by atoms with Gasteiger partial charge >= 0.3 is 0 Å². The fourth-order valence-corrected chi connectivity index (χ4v) is 3.79. The van der Waals surface area contributed by atoms with Crippen molar-refractivity contribution in [3.8, 4) is 11.3 Å². The maximum atomic E-state index is 12.6. The monoisotopic (exact) mass is 426 g/mol. The zero-order valence-electron chi connectivity index (χ0n) is 15.7. The Kier molecular flexibility index (Phi) is 5.97. The van der Waals surface area contributed by atoms with Gasteiger partial charge in [-0.1, -0.05) is 53.5 Å². The normalized spacial score (nSPS) is 14.6. The molecular weight excluding hydrogens is 407 g/mol. The molecule has 1 saturated heterocycles. The molecule has 0 aliphatic carbocycles. The average Bonchev–Trinajstić information content (AvgIpc) is 2.77. The molecule has 7 heteroatoms. The number of benzene rings is 2. The van der Waals surface area contributed by atoms with Crippen LogP contribution in [0.3, 0.4) is 0 Å². The Bertz CT molecular complexity index is 987. The number of hydrogen-bond acceptors (Lipinski definition) is 4. The van der Waals surface area contributed by atoms with Crippen LogP contribution in [0.15, 0.2) is 60.7 Å². The van der Waals surface area contributed by atoms with Crippen molar-refractivity contribution in [3.05, 3.63) is 70.7 Å². The largest absolute Gasteiger partial charge is 0.355 e. The van der Waals surface area contributed by atoms with Crippen LogP contribution < -0.4 is 10.2 Å². The van der Waals surface area contributed by atoms with E-state index in [0.717, 1.165) is 43.0 Å². The number of piperidine rings is 1. The van der Waals surface area contributed by atoms with Crippen LogP contribution in [-0.2, 0) is 4.79 Å². The molecule has 5 nitrogen and oxygen atoms in total. The van der Waals surface area contributed by atoms with E-state index in [1.54, 1.807) is 18.2 Å². The van der Waals surface area contributed by atoms with Crippen molar-refractivity contribution in [3.63, 3.8) is 0 Å². The van der Waals surface area contributed by atoms with Gasteiger partial charge in [0, 0.05) is 29.6 Å². The van der Waals surface area contributed by atoms with E-state index >= 15 is 0 Å². The highest BCUT2D eigenvalue weighted by Gasteiger charge is 2.26. The summed E-state index contributed by atoms with van der Waals surface area (Å²) < 4.78 is 0. The third-order valence-electron chi connectivity index (χ3n) is 5.10. The van der Waals surface area contributed by atoms with E-state index in [4.69, 9.17) is 23.2 Å². The van der Waals surface area contributed by atoms with E-state index in [-0.39, 0.29) is 11.8 Å². The van der Waals surface area contributed by atoms with Gasteiger partial charge in [-0.2, -0.15) is 0 Å². The van der Waals surface area contributed by atoms with Gasteiger partial charge in [-0.25, -0.2) is 0 Å². The SMILES string of the molecule is O=C(Nc1cc(Cl)ccc1Cl)C1CCN(c2ccc(-c3ccccc3)nn2)CC1. The molecule has 1 amide bonds. The summed E-state index contributed by atoms with van der Waals surface area (Å²) >= 11 is 12.1. The highest BCUT2D eigenvalue weighted by molar-refractivity contribution is 6.35. The smallest absolute Gasteiger partial charge is 0.227 e. The number of nitrogens with zero attached hydrogens (tertiary/aromatic N) is 3. The summed E-state index contributed by atoms with van der Waals surface area (Å²) in [6.07, 6.45) is 1.48. The quantitative estimate of drug-likeness (QED) is 0.614. The third-order valence-corrected chi connectivity index (χ3v) is 5.66. The third kappa shape index (κ3) is 4.69. The molecule has 4 rings (SSSR count). The van der Waals surface area contributed by atoms with Crippen molar-refractivity contribution in [1.29, 1.82) is 0 Å². The first-order chi connectivity index (χ1) is 14.1. The zero-order chi connectivity index (χ0) is 20.2. The van der Waals surface area contributed by atoms with E-state index in [1.807, 2.05) is 42.5 Å². The highest BCUT2D eigenvalue weighted by atomic mass is 35.5. The van der Waals surface area contributed by atoms with Gasteiger partial charge in [0.1, 0.15) is 0 Å². The summed E-state index contributed by atoms with van der Waals surface area (Å²) in [7, 11) is 0. The fourth-order valence-electron chi connectivity index (χ4n) is 3.46. The summed E-state index contributed by atoms with van der Waals surface area (Å²) in [5.41, 5.74) is 2.44. The molecular formula is C22H20Cl2N4O. The second kappa shape index (κ2) is 8.80. The van der Waals surface area contributed by atoms with Gasteiger partial charge in [-0.15, -0.1) is 10.2 Å². The van der Waals surface area contributed by atoms with Gasteiger partial charge in [0.25, 0.3) is 0 Å². The number of nitrogens with one attached hydrogen (secondary N) is 1. The minimum absolute atomic E-state index is 0.0284. The van der Waals surface area contributed by atoms with Gasteiger partial charge in [0.05, 0.1) is 16.4 Å². The van der Waals surface area contributed by atoms with Crippen LogP contribution in [0.5, 0.6) is 0 Å². The number of carbonyl (C=O) groups is 1. The fraction of sp³-hybridized carbons (Fsp3) is 0.227. The Morgan fingerprint density at radius 3 is 2.41 bits per heavy atom. The van der Waals surface area contributed by atoms with Crippen molar-refractivity contribution in [2.24, 2.45) is 5.92 Å². The van der Waals surface area contributed by atoms with E-state index < -0.39 is 0 Å². The van der Waals surface area contributed by atoms with E-state index in [0.29, 0.717) is 15.7 Å². The number of carbonyl (C=O) groups excluding carboxylic acids is 1. The van der Waals surface area contributed by atoms with Crippen molar-refractivity contribution in [1.82, 2.24) is 10.2 Å². The molecule has 0 bridgehead atoms. The summed E-state index contributed by atoms with van der Waals surface area (Å²) in [4.78, 5) is 14.8. The van der Waals surface area contributed by atoms with Crippen molar-refractivity contribution in [2.75, 3.05) is 23.3 Å². The predicted molar refractivity (Wildman–Crippen MR) is 117 cm³/mol. The maximum Gasteiger partial charge on any atom is 0.227 e. The highest BCUT2D eigenvalue weighted by Crippen LogP contribution is 2.28. The van der Waals surface area contributed by atoms with Gasteiger partial charge < -0.3 is 10.2 Å². The number of anilines is 2. The van der Waals surface area contributed by atoms with Crippen molar-refractivity contribution >= 4 is 40.6 Å². The molecule has 1 aliphatic rings. The lowest BCUT2D eigenvalue weighted by atomic mass is 9.95. The number of halogens is 2. The van der Waals surface area contributed by atoms with Crippen LogP contribution in [0.25, 0.3) is 11.3 Å². The molecule has 0 radical (unpaired) electrons. The lowest BCUT2D eigenvalue weighted by Gasteiger charge is -2.31. The number of hydrogen-bond donors (Lipinski definition) is 1. The Morgan fingerprint density at radius 2 is 1.72 bits per heavy atom. The lowest BCUT2D eigenvalue weighted by Crippen LogP contribution is -2.38. The minimum atomic E-state index is -0.0714. The van der Waals surface area contributed by atoms with Gasteiger partial charge in [0.2, 0.25) is 5.91 Å². The predicted octanol–water partition coefficient (Wildman–Crippen LogP) is 5.31. The summed E-state index contributed by atoms with van der Waals surface area (Å²) in [5.74, 6) is 0.735. The molecule has 148 valence electrons. The molecule has 29 heavy (non-hydrogen) atoms. The van der Waals surface area contributed by atoms with Crippen LogP contribution in [0, 0.1) is 5.92 Å². The Balaban J connectivity index is 1.35. The first kappa shape index (κ1) is 19.7. The van der Waals surface area contributed by atoms with Crippen LogP contribution in [0.1, 0.15) is 12.8 Å². The molecule has 2 heterocycles. The first-order valence-corrected chi connectivity index (χ1v) is 10.3. The Morgan fingerprint density at radius 1 is 0.966 bits per heavy atom. The molecule has 1 fully saturated rings. The lowest BCUT2D eigenvalue weighted by molar-refractivity contribution is -0.120. The number of aromatic nitrogens is 2. The van der Waals surface area contributed by atoms with Crippen molar-refractivity contribution < 1.29 is 4.79 Å². The summed E-state index contributed by atoms with van der Waals surface area (Å²) in [6, 6.07) is 19.0. The Labute approximate surface area is 179 Å². The van der Waals surface area contributed by atoms with E-state index in [1.165, 1.54) is 0 Å². The maximum absolute atomic E-state index is 12.6. The topological polar surface area (TPSA) is 58.1 Å². The van der Waals surface area contributed by atoms with Gasteiger partial charge in [0.15, 0.2) is 5.82 Å². The van der Waals surface area contributed by atoms with E-state index in [2.05, 4.69) is 20.4 Å². The first-order valence-electron chi connectivity index (χ1n) is 9.50. The van der Waals surface area contributed by atoms with Crippen LogP contribution in [0.2, 0.25) is 10.0 Å². The molecule has 0 saturated carbocycles. The van der Waals surface area contributed by atoms with Crippen LogP contribution in [-0.4, -0.2) is 29.2 Å². The minimum Gasteiger partial charge on any atom is -0.355 e. The summed E-state index contributed by atoms with van der Waals surface area (Å²) in [6.45, 7) is 1.50. The average molecular weight is 427 g/mol. The molecule has 2 aromatic carbocycles. The molecule has 0 atom stereocenters. The van der Waals surface area contributed by atoms with Gasteiger partial charge in [-0.3, -0.25) is 4.79 Å². The van der Waals surface area contributed by atoms with Gasteiger partial charge in [-0.05, 0) is 43.2 Å². The molecule has 0 spiro atoms. The second-order valence-electron chi connectivity index (χ2n) is 7.02. The van der Waals surface area contributed by atoms with Crippen molar-refractivity contribution in [2.45, 2.75) is 12.8 Å². The molecule has 1 N–H and O–H groups in total. The Hall–Kier alpha value is -2.63. The second-order valence-corrected chi connectivity index (χ2v) is 7.86. The molecule has 3 aromatic rings. The summed E-state index contributed by atoms with van der Waals surface area (Å²) in [5, 5.41) is 12.7. The van der Waals surface area contributed by atoms with Crippen LogP contribution in [0.4, 0.5) is 11.5 Å². The standard InChI is InChI=1S/C22H20Cl2N4O/c23-17-6-7-18(24)20(14-17)25-22(29)16-10-12-28(13-11-16)21-9-8-19(26-27-21)15-4-2-1-3-5-15/h1-9,14,16H,10-13H2,(H,25,29). The zero-order valence-corrected chi connectivity index (χ0v) is 17.2. The number of amides is 1. The number of rotatable bonds is 4. The molecule has 1 aromatic heterocycles. The van der Waals surface area contributed by atoms with E-state index in [9.17, 15) is 4.79 Å². The molecule has 0 unspecified atom stereocenters. The van der Waals surface area contributed by atoms with Crippen LogP contribution >= 0.6 is 23.2 Å².